The average molecular weight is 354 g/mol. The molecule has 0 saturated heterocycles. The number of nitrogen functional groups attached to an aromatic ring is 2. The predicted molar refractivity (Wildman–Crippen MR) is 94.9 cm³/mol. The topological polar surface area (TPSA) is 126 Å². The van der Waals surface area contributed by atoms with Gasteiger partial charge in [0.1, 0.15) is 12.4 Å². The van der Waals surface area contributed by atoms with E-state index in [1.807, 2.05) is 0 Å². The van der Waals surface area contributed by atoms with E-state index in [0.29, 0.717) is 41.6 Å². The number of unbranched alkanes of at least 4 members (excludes halogenated alkanes) is 1. The van der Waals surface area contributed by atoms with Gasteiger partial charge in [-0.1, -0.05) is 23.1 Å². The molecule has 0 aliphatic rings. The molecule has 3 heterocycles. The largest absolute Gasteiger partial charge is 0.476 e. The van der Waals surface area contributed by atoms with E-state index in [0.717, 1.165) is 12.8 Å². The van der Waals surface area contributed by atoms with E-state index >= 15 is 0 Å². The summed E-state index contributed by atoms with van der Waals surface area (Å²) in [5.74, 6) is 1.93. The Balaban J connectivity index is 1.76. The van der Waals surface area contributed by atoms with Gasteiger partial charge in [-0.05, 0) is 12.5 Å². The van der Waals surface area contributed by atoms with Gasteiger partial charge in [-0.15, -0.1) is 9.97 Å². The first-order chi connectivity index (χ1) is 12.7. The number of hydrogen-bond donors (Lipinski definition) is 2. The van der Waals surface area contributed by atoms with Gasteiger partial charge in [0.2, 0.25) is 17.6 Å². The van der Waals surface area contributed by atoms with Crippen molar-refractivity contribution in [1.29, 1.82) is 0 Å². The quantitative estimate of drug-likeness (QED) is 0.485. The molecular weight excluding hydrogens is 334 g/mol. The zero-order valence-corrected chi connectivity index (χ0v) is 14.4. The Morgan fingerprint density at radius 1 is 1.04 bits per heavy atom. The molecule has 0 bridgehead atoms. The Morgan fingerprint density at radius 3 is 2.58 bits per heavy atom. The van der Waals surface area contributed by atoms with Crippen molar-refractivity contribution in [2.24, 2.45) is 0 Å². The lowest BCUT2D eigenvalue weighted by molar-refractivity contribution is -0.653. The van der Waals surface area contributed by atoms with Gasteiger partial charge in [0.05, 0.1) is 6.61 Å². The maximum atomic E-state index is 5.96. The van der Waals surface area contributed by atoms with Crippen molar-refractivity contribution in [2.75, 3.05) is 18.1 Å². The first-order valence-corrected chi connectivity index (χ1v) is 8.19. The summed E-state index contributed by atoms with van der Waals surface area (Å²) in [6.45, 7) is 2.69. The first kappa shape index (κ1) is 17.3. The van der Waals surface area contributed by atoms with Gasteiger partial charge in [-0.25, -0.2) is 4.98 Å². The van der Waals surface area contributed by atoms with Gasteiger partial charge < -0.3 is 20.9 Å². The highest BCUT2D eigenvalue weighted by molar-refractivity contribution is 5.40. The van der Waals surface area contributed by atoms with Crippen LogP contribution in [0.15, 0.2) is 42.9 Å². The molecule has 0 atom stereocenters. The molecule has 4 N–H and O–H groups in total. The van der Waals surface area contributed by atoms with Crippen LogP contribution >= 0.6 is 0 Å². The van der Waals surface area contributed by atoms with Crippen LogP contribution in [0.4, 0.5) is 11.5 Å². The molecule has 0 fully saturated rings. The highest BCUT2D eigenvalue weighted by Crippen LogP contribution is 2.19. The molecule has 0 spiro atoms. The van der Waals surface area contributed by atoms with Crippen LogP contribution in [-0.2, 0) is 0 Å². The number of hydrogen-bond acceptors (Lipinski definition) is 8. The van der Waals surface area contributed by atoms with Gasteiger partial charge in [-0.3, -0.25) is 0 Å². The van der Waals surface area contributed by atoms with Gasteiger partial charge >= 0.3 is 5.95 Å². The minimum atomic E-state index is 0.302. The fourth-order valence-electron chi connectivity index (χ4n) is 2.05. The number of anilines is 2. The van der Waals surface area contributed by atoms with Crippen molar-refractivity contribution in [3.63, 3.8) is 0 Å². The minimum absolute atomic E-state index is 0.302. The molecule has 134 valence electrons. The van der Waals surface area contributed by atoms with E-state index in [2.05, 4.69) is 27.0 Å². The summed E-state index contributed by atoms with van der Waals surface area (Å²) in [5.41, 5.74) is 12.2. The number of rotatable bonds is 7. The number of nitrogens with two attached hydrogens (primary N) is 2. The number of pyridine rings is 1. The molecule has 26 heavy (non-hydrogen) atoms. The van der Waals surface area contributed by atoms with Crippen molar-refractivity contribution in [3.8, 4) is 23.5 Å². The second-order valence-electron chi connectivity index (χ2n) is 5.46. The van der Waals surface area contributed by atoms with Gasteiger partial charge in [0, 0.05) is 30.1 Å². The lowest BCUT2D eigenvalue weighted by atomic mass is 10.4. The van der Waals surface area contributed by atoms with Crippen molar-refractivity contribution in [1.82, 2.24) is 20.1 Å². The van der Waals surface area contributed by atoms with E-state index in [9.17, 15) is 0 Å². The van der Waals surface area contributed by atoms with Crippen LogP contribution in [0, 0.1) is 0 Å². The third kappa shape index (κ3) is 4.32. The summed E-state index contributed by atoms with van der Waals surface area (Å²) in [6.07, 6.45) is 6.57. The van der Waals surface area contributed by atoms with E-state index in [1.165, 1.54) is 17.1 Å². The molecule has 9 nitrogen and oxygen atoms in total. The maximum absolute atomic E-state index is 5.96. The van der Waals surface area contributed by atoms with Gasteiger partial charge in [0.15, 0.2) is 5.75 Å². The second-order valence-corrected chi connectivity index (χ2v) is 5.46. The molecular formula is C17H20N7O2+. The third-order valence-electron chi connectivity index (χ3n) is 3.37. The van der Waals surface area contributed by atoms with Crippen LogP contribution in [0.1, 0.15) is 19.8 Å². The smallest absolute Gasteiger partial charge is 0.408 e. The van der Waals surface area contributed by atoms with Crippen molar-refractivity contribution >= 4 is 11.5 Å². The Morgan fingerprint density at radius 2 is 1.85 bits per heavy atom. The minimum Gasteiger partial charge on any atom is -0.476 e. The molecule has 0 unspecified atom stereocenters. The molecule has 3 aromatic heterocycles. The Hall–Kier alpha value is -3.49. The van der Waals surface area contributed by atoms with Crippen LogP contribution in [0.3, 0.4) is 0 Å². The molecule has 0 saturated carbocycles. The van der Waals surface area contributed by atoms with E-state index in [-0.39, 0.29) is 0 Å². The highest BCUT2D eigenvalue weighted by atomic mass is 16.5. The zero-order chi connectivity index (χ0) is 18.4. The molecule has 0 radical (unpaired) electrons. The second kappa shape index (κ2) is 8.06. The molecule has 3 rings (SSSR count). The monoisotopic (exact) mass is 354 g/mol. The molecule has 0 aliphatic heterocycles. The van der Waals surface area contributed by atoms with Crippen LogP contribution in [0.5, 0.6) is 17.5 Å². The van der Waals surface area contributed by atoms with Crippen LogP contribution in [-0.4, -0.2) is 26.7 Å². The molecule has 0 aromatic carbocycles. The number of nitrogens with zero attached hydrogens (tertiary/aromatic N) is 5. The number of aromatic nitrogens is 5. The van der Waals surface area contributed by atoms with Crippen molar-refractivity contribution in [2.45, 2.75) is 19.8 Å². The van der Waals surface area contributed by atoms with E-state index in [1.54, 1.807) is 30.5 Å². The van der Waals surface area contributed by atoms with E-state index in [4.69, 9.17) is 20.9 Å². The zero-order valence-electron chi connectivity index (χ0n) is 14.4. The fourth-order valence-corrected chi connectivity index (χ4v) is 2.05. The summed E-state index contributed by atoms with van der Waals surface area (Å²) in [4.78, 5) is 12.5. The van der Waals surface area contributed by atoms with Crippen molar-refractivity contribution < 1.29 is 14.2 Å². The van der Waals surface area contributed by atoms with Crippen molar-refractivity contribution in [3.05, 3.63) is 42.9 Å². The normalized spacial score (nSPS) is 10.5. The molecule has 9 heteroatoms. The Bertz CT molecular complexity index is 871. The molecule has 0 aliphatic carbocycles. The summed E-state index contributed by atoms with van der Waals surface area (Å²) in [7, 11) is 0. The van der Waals surface area contributed by atoms with Crippen LogP contribution in [0.2, 0.25) is 0 Å². The molecule has 0 amide bonds. The third-order valence-corrected chi connectivity index (χ3v) is 3.37. The number of ether oxygens (including phenoxy) is 2. The first-order valence-electron chi connectivity index (χ1n) is 8.19. The lowest BCUT2D eigenvalue weighted by Gasteiger charge is -2.06. The standard InChI is InChI=1S/C17H19N7O2/c1-2-3-8-25-15-5-4-14(19)24(23-15)17-21-10-13(11-22-17)26-16-9-12(18)6-7-20-16/h4-7,9-11,19H,2-3,8H2,1H3,(H2,18,20)/p+1. The lowest BCUT2D eigenvalue weighted by Crippen LogP contribution is -2.40. The highest BCUT2D eigenvalue weighted by Gasteiger charge is 2.15. The molecule has 3 aromatic rings. The van der Waals surface area contributed by atoms with Crippen LogP contribution in [0.25, 0.3) is 5.95 Å². The predicted octanol–water partition coefficient (Wildman–Crippen LogP) is 1.68. The summed E-state index contributed by atoms with van der Waals surface area (Å²) < 4.78 is 12.6. The SMILES string of the molecule is CCCCOc1ccc(N)[n+](-c2ncc(Oc3cc(N)ccn3)cn2)n1. The maximum Gasteiger partial charge on any atom is 0.408 e. The fraction of sp³-hybridized carbons (Fsp3) is 0.235. The summed E-state index contributed by atoms with van der Waals surface area (Å²) >= 11 is 0. The summed E-state index contributed by atoms with van der Waals surface area (Å²) in [5, 5.41) is 4.31. The van der Waals surface area contributed by atoms with Gasteiger partial charge in [-0.2, -0.15) is 0 Å². The summed E-state index contributed by atoms with van der Waals surface area (Å²) in [6, 6.07) is 6.69. The van der Waals surface area contributed by atoms with Gasteiger partial charge in [0.25, 0.3) is 0 Å². The Labute approximate surface area is 150 Å². The van der Waals surface area contributed by atoms with Crippen LogP contribution < -0.4 is 25.6 Å². The van der Waals surface area contributed by atoms with E-state index < -0.39 is 0 Å². The average Bonchev–Trinajstić information content (AvgIpc) is 2.64. The Kier molecular flexibility index (Phi) is 5.37.